The van der Waals surface area contributed by atoms with Crippen LogP contribution in [0.4, 0.5) is 5.82 Å². The third kappa shape index (κ3) is 3.64. The van der Waals surface area contributed by atoms with Gasteiger partial charge >= 0.3 is 0 Å². The van der Waals surface area contributed by atoms with Crippen LogP contribution < -0.4 is 10.1 Å². The van der Waals surface area contributed by atoms with Crippen LogP contribution in [0.1, 0.15) is 31.4 Å². The van der Waals surface area contributed by atoms with Crippen molar-refractivity contribution in [1.82, 2.24) is 9.97 Å². The molecule has 0 spiro atoms. The summed E-state index contributed by atoms with van der Waals surface area (Å²) in [5.74, 6) is 2.15. The van der Waals surface area contributed by atoms with Gasteiger partial charge in [0.15, 0.2) is 0 Å². The van der Waals surface area contributed by atoms with E-state index in [0.29, 0.717) is 5.88 Å². The molecule has 0 amide bonds. The summed E-state index contributed by atoms with van der Waals surface area (Å²) in [6.07, 6.45) is 4.24. The zero-order valence-electron chi connectivity index (χ0n) is 12.6. The van der Waals surface area contributed by atoms with Gasteiger partial charge in [0, 0.05) is 12.1 Å². The third-order valence-electron chi connectivity index (χ3n) is 3.26. The molecule has 0 aliphatic heterocycles. The van der Waals surface area contributed by atoms with E-state index in [0.717, 1.165) is 47.0 Å². The van der Waals surface area contributed by atoms with Crippen LogP contribution in [0, 0.1) is 0 Å². The fourth-order valence-corrected chi connectivity index (χ4v) is 2.42. The number of nitrogens with zero attached hydrogens (tertiary/aromatic N) is 2. The number of aryl methyl sites for hydroxylation is 1. The molecular weight excluding hydrogens is 286 g/mol. The monoisotopic (exact) mass is 305 g/mol. The predicted molar refractivity (Wildman–Crippen MR) is 86.5 cm³/mol. The molecule has 1 aromatic carbocycles. The zero-order valence-corrected chi connectivity index (χ0v) is 13.4. The number of anilines is 1. The standard InChI is InChI=1S/C16H20ClN3O/c1-4-6-13-15(18-3)19-10-20-16(13)21-12-7-8-14(17)11(5-2)9-12/h7-10H,4-6H2,1-3H3,(H,18,19,20). The fraction of sp³-hybridized carbons (Fsp3) is 0.375. The van der Waals surface area contributed by atoms with Gasteiger partial charge in [-0.15, -0.1) is 0 Å². The van der Waals surface area contributed by atoms with Gasteiger partial charge in [-0.25, -0.2) is 9.97 Å². The molecular formula is C16H20ClN3O. The number of nitrogens with one attached hydrogen (secondary N) is 1. The van der Waals surface area contributed by atoms with Crippen molar-refractivity contribution in [2.75, 3.05) is 12.4 Å². The van der Waals surface area contributed by atoms with E-state index < -0.39 is 0 Å². The molecule has 21 heavy (non-hydrogen) atoms. The van der Waals surface area contributed by atoms with Crippen molar-refractivity contribution in [3.05, 3.63) is 40.7 Å². The predicted octanol–water partition coefficient (Wildman–Crippen LogP) is 4.48. The molecule has 0 fully saturated rings. The molecule has 112 valence electrons. The van der Waals surface area contributed by atoms with Gasteiger partial charge in [0.1, 0.15) is 17.9 Å². The van der Waals surface area contributed by atoms with Gasteiger partial charge in [0.2, 0.25) is 5.88 Å². The fourth-order valence-electron chi connectivity index (χ4n) is 2.17. The van der Waals surface area contributed by atoms with Crippen LogP contribution in [-0.2, 0) is 12.8 Å². The summed E-state index contributed by atoms with van der Waals surface area (Å²) >= 11 is 6.14. The third-order valence-corrected chi connectivity index (χ3v) is 3.62. The van der Waals surface area contributed by atoms with Crippen molar-refractivity contribution >= 4 is 17.4 Å². The Bertz CT molecular complexity index is 616. The lowest BCUT2D eigenvalue weighted by atomic mass is 10.1. The van der Waals surface area contributed by atoms with Gasteiger partial charge < -0.3 is 10.1 Å². The minimum absolute atomic E-state index is 0.598. The first-order valence-electron chi connectivity index (χ1n) is 7.17. The second-order valence-electron chi connectivity index (χ2n) is 4.71. The highest BCUT2D eigenvalue weighted by molar-refractivity contribution is 6.31. The van der Waals surface area contributed by atoms with Gasteiger partial charge in [0.25, 0.3) is 0 Å². The van der Waals surface area contributed by atoms with E-state index in [1.54, 1.807) is 0 Å². The first kappa shape index (κ1) is 15.6. The minimum atomic E-state index is 0.598. The van der Waals surface area contributed by atoms with Crippen LogP contribution in [0.2, 0.25) is 5.02 Å². The van der Waals surface area contributed by atoms with Crippen LogP contribution in [-0.4, -0.2) is 17.0 Å². The molecule has 0 saturated carbocycles. The number of halogens is 1. The van der Waals surface area contributed by atoms with Crippen molar-refractivity contribution in [2.45, 2.75) is 33.1 Å². The van der Waals surface area contributed by atoms with Crippen LogP contribution in [0.15, 0.2) is 24.5 Å². The van der Waals surface area contributed by atoms with Gasteiger partial charge in [-0.05, 0) is 36.6 Å². The molecule has 0 saturated heterocycles. The van der Waals surface area contributed by atoms with Crippen LogP contribution in [0.5, 0.6) is 11.6 Å². The van der Waals surface area contributed by atoms with Crippen LogP contribution in [0.3, 0.4) is 0 Å². The smallest absolute Gasteiger partial charge is 0.227 e. The molecule has 2 rings (SSSR count). The van der Waals surface area contributed by atoms with E-state index in [9.17, 15) is 0 Å². The highest BCUT2D eigenvalue weighted by atomic mass is 35.5. The maximum atomic E-state index is 6.14. The Labute approximate surface area is 130 Å². The average molecular weight is 306 g/mol. The van der Waals surface area contributed by atoms with Gasteiger partial charge in [-0.1, -0.05) is 31.9 Å². The van der Waals surface area contributed by atoms with Crippen molar-refractivity contribution in [3.8, 4) is 11.6 Å². The maximum Gasteiger partial charge on any atom is 0.227 e. The molecule has 0 unspecified atom stereocenters. The second-order valence-corrected chi connectivity index (χ2v) is 5.12. The molecule has 4 nitrogen and oxygen atoms in total. The van der Waals surface area contributed by atoms with Crippen molar-refractivity contribution in [1.29, 1.82) is 0 Å². The van der Waals surface area contributed by atoms with Gasteiger partial charge in [-0.2, -0.15) is 0 Å². The zero-order chi connectivity index (χ0) is 15.2. The molecule has 1 N–H and O–H groups in total. The quantitative estimate of drug-likeness (QED) is 0.855. The molecule has 0 radical (unpaired) electrons. The summed E-state index contributed by atoms with van der Waals surface area (Å²) in [6, 6.07) is 5.67. The Kier molecular flexibility index (Phi) is 5.39. The summed E-state index contributed by atoms with van der Waals surface area (Å²) in [6.45, 7) is 4.19. The number of ether oxygens (including phenoxy) is 1. The Morgan fingerprint density at radius 1 is 1.24 bits per heavy atom. The molecule has 1 aromatic heterocycles. The van der Waals surface area contributed by atoms with Crippen molar-refractivity contribution in [3.63, 3.8) is 0 Å². The average Bonchev–Trinajstić information content (AvgIpc) is 2.51. The Morgan fingerprint density at radius 3 is 2.71 bits per heavy atom. The van der Waals surface area contributed by atoms with E-state index >= 15 is 0 Å². The lowest BCUT2D eigenvalue weighted by Crippen LogP contribution is -2.03. The summed E-state index contributed by atoms with van der Waals surface area (Å²) in [5, 5.41) is 3.85. The van der Waals surface area contributed by atoms with E-state index in [1.807, 2.05) is 25.2 Å². The highest BCUT2D eigenvalue weighted by Crippen LogP contribution is 2.30. The summed E-state index contributed by atoms with van der Waals surface area (Å²) in [4.78, 5) is 8.52. The highest BCUT2D eigenvalue weighted by Gasteiger charge is 2.12. The first-order chi connectivity index (χ1) is 10.2. The normalized spacial score (nSPS) is 10.5. The molecule has 0 bridgehead atoms. The minimum Gasteiger partial charge on any atom is -0.439 e. The molecule has 2 aromatic rings. The summed E-state index contributed by atoms with van der Waals surface area (Å²) < 4.78 is 5.95. The lowest BCUT2D eigenvalue weighted by molar-refractivity contribution is 0.454. The van der Waals surface area contributed by atoms with Crippen LogP contribution >= 0.6 is 11.6 Å². The topological polar surface area (TPSA) is 47.0 Å². The number of hydrogen-bond donors (Lipinski definition) is 1. The number of hydrogen-bond acceptors (Lipinski definition) is 4. The van der Waals surface area contributed by atoms with E-state index in [-0.39, 0.29) is 0 Å². The molecule has 0 atom stereocenters. The van der Waals surface area contributed by atoms with Gasteiger partial charge in [0.05, 0.1) is 5.56 Å². The molecule has 1 heterocycles. The van der Waals surface area contributed by atoms with Gasteiger partial charge in [-0.3, -0.25) is 0 Å². The Hall–Kier alpha value is -1.81. The SMILES string of the molecule is CCCc1c(NC)ncnc1Oc1ccc(Cl)c(CC)c1. The summed E-state index contributed by atoms with van der Waals surface area (Å²) in [7, 11) is 1.85. The Morgan fingerprint density at radius 2 is 2.05 bits per heavy atom. The number of benzene rings is 1. The Balaban J connectivity index is 2.34. The molecule has 0 aliphatic carbocycles. The summed E-state index contributed by atoms with van der Waals surface area (Å²) in [5.41, 5.74) is 2.06. The van der Waals surface area contributed by atoms with E-state index in [1.165, 1.54) is 6.33 Å². The van der Waals surface area contributed by atoms with E-state index in [2.05, 4.69) is 29.1 Å². The largest absolute Gasteiger partial charge is 0.439 e. The van der Waals surface area contributed by atoms with E-state index in [4.69, 9.17) is 16.3 Å². The lowest BCUT2D eigenvalue weighted by Gasteiger charge is -2.13. The first-order valence-corrected chi connectivity index (χ1v) is 7.55. The van der Waals surface area contributed by atoms with Crippen LogP contribution in [0.25, 0.3) is 0 Å². The molecule has 5 heteroatoms. The second kappa shape index (κ2) is 7.27. The maximum absolute atomic E-state index is 6.14. The number of aromatic nitrogens is 2. The van der Waals surface area contributed by atoms with Crippen molar-refractivity contribution in [2.24, 2.45) is 0 Å². The number of rotatable bonds is 6. The van der Waals surface area contributed by atoms with Crippen molar-refractivity contribution < 1.29 is 4.74 Å². The molecule has 0 aliphatic rings.